The highest BCUT2D eigenvalue weighted by molar-refractivity contribution is 5.96. The van der Waals surface area contributed by atoms with Gasteiger partial charge in [0.05, 0.1) is 0 Å². The number of imide groups is 1. The van der Waals surface area contributed by atoms with Crippen LogP contribution in [-0.4, -0.2) is 29.9 Å². The molecule has 1 fully saturated rings. The summed E-state index contributed by atoms with van der Waals surface area (Å²) in [7, 11) is 0. The smallest absolute Gasteiger partial charge is 0.324 e. The zero-order valence-electron chi connectivity index (χ0n) is 5.89. The van der Waals surface area contributed by atoms with Gasteiger partial charge in [0.2, 0.25) is 5.91 Å². The number of carbonyl (C=O) groups excluding carboxylic acids is 2. The standard InChI is InChI=1S/C6H10N2O2/c1-2-8-4-3-5(9)7-6(8)10/h2-4H2,1H3,(H,7,9,10). The van der Waals surface area contributed by atoms with E-state index in [2.05, 4.69) is 5.32 Å². The van der Waals surface area contributed by atoms with Crippen molar-refractivity contribution in [2.45, 2.75) is 13.3 Å². The van der Waals surface area contributed by atoms with Crippen molar-refractivity contribution in [2.24, 2.45) is 0 Å². The third-order valence-electron chi connectivity index (χ3n) is 1.52. The normalized spacial score (nSPS) is 19.1. The molecule has 4 nitrogen and oxygen atoms in total. The summed E-state index contributed by atoms with van der Waals surface area (Å²) in [5, 5.41) is 2.23. The molecule has 1 rings (SSSR count). The Morgan fingerprint density at radius 1 is 1.60 bits per heavy atom. The van der Waals surface area contributed by atoms with E-state index in [-0.39, 0.29) is 11.9 Å². The minimum atomic E-state index is -0.265. The van der Waals surface area contributed by atoms with Gasteiger partial charge >= 0.3 is 6.03 Å². The molecule has 0 aromatic carbocycles. The number of urea groups is 1. The van der Waals surface area contributed by atoms with Crippen LogP contribution in [0.15, 0.2) is 0 Å². The molecule has 1 aliphatic heterocycles. The lowest BCUT2D eigenvalue weighted by molar-refractivity contribution is -0.121. The highest BCUT2D eigenvalue weighted by atomic mass is 16.2. The Labute approximate surface area is 59.2 Å². The Bertz CT molecular complexity index is 167. The molecule has 3 amide bonds. The molecule has 4 heteroatoms. The number of amides is 3. The van der Waals surface area contributed by atoms with Crippen LogP contribution in [0.3, 0.4) is 0 Å². The second kappa shape index (κ2) is 2.68. The predicted molar refractivity (Wildman–Crippen MR) is 35.4 cm³/mol. The van der Waals surface area contributed by atoms with Crippen LogP contribution in [0.25, 0.3) is 0 Å². The Kier molecular flexibility index (Phi) is 1.89. The molecule has 0 unspecified atom stereocenters. The highest BCUT2D eigenvalue weighted by Crippen LogP contribution is 1.98. The van der Waals surface area contributed by atoms with Crippen LogP contribution in [0.2, 0.25) is 0 Å². The summed E-state index contributed by atoms with van der Waals surface area (Å²) in [6.07, 6.45) is 0.430. The zero-order valence-corrected chi connectivity index (χ0v) is 5.89. The lowest BCUT2D eigenvalue weighted by Gasteiger charge is -2.24. The maximum absolute atomic E-state index is 10.8. The number of carbonyl (C=O) groups is 2. The largest absolute Gasteiger partial charge is 0.324 e. The number of rotatable bonds is 1. The van der Waals surface area contributed by atoms with Crippen LogP contribution in [0.5, 0.6) is 0 Å². The minimum absolute atomic E-state index is 0.172. The van der Waals surface area contributed by atoms with E-state index in [1.54, 1.807) is 4.90 Å². The molecule has 56 valence electrons. The summed E-state index contributed by atoms with van der Waals surface area (Å²) in [6, 6.07) is -0.265. The van der Waals surface area contributed by atoms with E-state index in [4.69, 9.17) is 0 Å². The Hall–Kier alpha value is -1.06. The number of hydrogen-bond acceptors (Lipinski definition) is 2. The van der Waals surface area contributed by atoms with E-state index in [0.29, 0.717) is 19.5 Å². The molecule has 1 heterocycles. The van der Waals surface area contributed by atoms with Gasteiger partial charge in [-0.05, 0) is 6.92 Å². The Morgan fingerprint density at radius 2 is 2.30 bits per heavy atom. The molecule has 0 aliphatic carbocycles. The van der Waals surface area contributed by atoms with Crippen molar-refractivity contribution in [2.75, 3.05) is 13.1 Å². The molecule has 0 radical (unpaired) electrons. The van der Waals surface area contributed by atoms with Gasteiger partial charge in [-0.1, -0.05) is 0 Å². The van der Waals surface area contributed by atoms with Gasteiger partial charge in [-0.3, -0.25) is 10.1 Å². The Morgan fingerprint density at radius 3 is 2.80 bits per heavy atom. The summed E-state index contributed by atoms with van der Waals surface area (Å²) >= 11 is 0. The quantitative estimate of drug-likeness (QED) is 0.558. The fraction of sp³-hybridized carbons (Fsp3) is 0.667. The summed E-state index contributed by atoms with van der Waals surface area (Å²) < 4.78 is 0. The topological polar surface area (TPSA) is 49.4 Å². The van der Waals surface area contributed by atoms with Crippen molar-refractivity contribution in [1.82, 2.24) is 10.2 Å². The average Bonchev–Trinajstić information content (AvgIpc) is 1.88. The average molecular weight is 142 g/mol. The third kappa shape index (κ3) is 1.26. The van der Waals surface area contributed by atoms with E-state index < -0.39 is 0 Å². The van der Waals surface area contributed by atoms with E-state index in [1.807, 2.05) is 6.92 Å². The molecule has 0 aromatic heterocycles. The van der Waals surface area contributed by atoms with Crippen molar-refractivity contribution >= 4 is 11.9 Å². The maximum Gasteiger partial charge on any atom is 0.324 e. The molecule has 1 saturated heterocycles. The monoisotopic (exact) mass is 142 g/mol. The van der Waals surface area contributed by atoms with Gasteiger partial charge in [-0.25, -0.2) is 4.79 Å². The van der Waals surface area contributed by atoms with Crippen LogP contribution in [0, 0.1) is 0 Å². The molecular weight excluding hydrogens is 132 g/mol. The predicted octanol–water partition coefficient (Wildman–Crippen LogP) is -0.0518. The van der Waals surface area contributed by atoms with Crippen LogP contribution in [0.1, 0.15) is 13.3 Å². The number of nitrogens with zero attached hydrogens (tertiary/aromatic N) is 1. The van der Waals surface area contributed by atoms with Gasteiger partial charge < -0.3 is 4.90 Å². The van der Waals surface area contributed by atoms with Crippen molar-refractivity contribution in [3.8, 4) is 0 Å². The van der Waals surface area contributed by atoms with E-state index >= 15 is 0 Å². The van der Waals surface area contributed by atoms with Gasteiger partial charge in [-0.2, -0.15) is 0 Å². The van der Waals surface area contributed by atoms with E-state index in [0.717, 1.165) is 0 Å². The fourth-order valence-corrected chi connectivity index (χ4v) is 0.901. The molecule has 0 atom stereocenters. The molecule has 1 aliphatic rings. The van der Waals surface area contributed by atoms with Crippen LogP contribution in [-0.2, 0) is 4.79 Å². The van der Waals surface area contributed by atoms with Crippen LogP contribution < -0.4 is 5.32 Å². The van der Waals surface area contributed by atoms with Gasteiger partial charge in [0.1, 0.15) is 0 Å². The van der Waals surface area contributed by atoms with Gasteiger partial charge in [-0.15, -0.1) is 0 Å². The van der Waals surface area contributed by atoms with Crippen molar-refractivity contribution in [3.05, 3.63) is 0 Å². The first-order valence-electron chi connectivity index (χ1n) is 3.32. The molecule has 10 heavy (non-hydrogen) atoms. The van der Waals surface area contributed by atoms with Gasteiger partial charge in [0.15, 0.2) is 0 Å². The number of nitrogens with one attached hydrogen (secondary N) is 1. The Balaban J connectivity index is 2.51. The first-order valence-corrected chi connectivity index (χ1v) is 3.32. The molecular formula is C6H10N2O2. The second-order valence-corrected chi connectivity index (χ2v) is 2.18. The number of hydrogen-bond donors (Lipinski definition) is 1. The SMILES string of the molecule is CCN1CCC(=O)NC1=O. The maximum atomic E-state index is 10.8. The van der Waals surface area contributed by atoms with Crippen LogP contribution >= 0.6 is 0 Å². The molecule has 0 saturated carbocycles. The summed E-state index contributed by atoms with van der Waals surface area (Å²) in [5.41, 5.74) is 0. The minimum Gasteiger partial charge on any atom is -0.324 e. The van der Waals surface area contributed by atoms with Gasteiger partial charge in [0.25, 0.3) is 0 Å². The zero-order chi connectivity index (χ0) is 7.56. The second-order valence-electron chi connectivity index (χ2n) is 2.18. The van der Waals surface area contributed by atoms with Gasteiger partial charge in [0, 0.05) is 19.5 Å². The fourth-order valence-electron chi connectivity index (χ4n) is 0.901. The lowest BCUT2D eigenvalue weighted by Crippen LogP contribution is -2.49. The summed E-state index contributed by atoms with van der Waals surface area (Å²) in [5.74, 6) is -0.172. The first kappa shape index (κ1) is 7.05. The van der Waals surface area contributed by atoms with Crippen molar-refractivity contribution in [1.29, 1.82) is 0 Å². The van der Waals surface area contributed by atoms with Crippen molar-refractivity contribution < 1.29 is 9.59 Å². The molecule has 0 spiro atoms. The van der Waals surface area contributed by atoms with E-state index in [1.165, 1.54) is 0 Å². The van der Waals surface area contributed by atoms with Crippen molar-refractivity contribution in [3.63, 3.8) is 0 Å². The summed E-state index contributed by atoms with van der Waals surface area (Å²) in [6.45, 7) is 3.11. The first-order chi connectivity index (χ1) is 4.74. The molecule has 1 N–H and O–H groups in total. The highest BCUT2D eigenvalue weighted by Gasteiger charge is 2.20. The van der Waals surface area contributed by atoms with Crippen LogP contribution in [0.4, 0.5) is 4.79 Å². The summed E-state index contributed by atoms with van der Waals surface area (Å²) in [4.78, 5) is 23.0. The molecule has 0 bridgehead atoms. The lowest BCUT2D eigenvalue weighted by atomic mass is 10.3. The third-order valence-corrected chi connectivity index (χ3v) is 1.52. The molecule has 0 aromatic rings. The van der Waals surface area contributed by atoms with E-state index in [9.17, 15) is 9.59 Å².